The number of carbonyl (C=O) groups excluding carboxylic acids is 1. The van der Waals surface area contributed by atoms with E-state index in [-0.39, 0.29) is 12.4 Å². The second-order valence-corrected chi connectivity index (χ2v) is 8.91. The Hall–Kier alpha value is -4.09. The first-order chi connectivity index (χ1) is 18.4. The maximum absolute atomic E-state index is 11.4. The number of ether oxygens (including phenoxy) is 3. The third kappa shape index (κ3) is 4.66. The fourth-order valence-electron chi connectivity index (χ4n) is 4.72. The van der Waals surface area contributed by atoms with Gasteiger partial charge in [0.05, 0.1) is 13.7 Å². The molecule has 1 saturated heterocycles. The summed E-state index contributed by atoms with van der Waals surface area (Å²) < 4.78 is 19.2. The molecule has 3 aromatic carbocycles. The number of nitrogens with zero attached hydrogens (tertiary/aromatic N) is 3. The average Bonchev–Trinajstić information content (AvgIpc) is 3.56. The van der Waals surface area contributed by atoms with Gasteiger partial charge in [-0.15, -0.1) is 5.10 Å². The quantitative estimate of drug-likeness (QED) is 0.287. The molecule has 1 aromatic heterocycles. The molecule has 1 amide bonds. The van der Waals surface area contributed by atoms with Crippen molar-refractivity contribution in [3.8, 4) is 5.75 Å². The monoisotopic (exact) mass is 516 g/mol. The van der Waals surface area contributed by atoms with Gasteiger partial charge in [-0.1, -0.05) is 72.8 Å². The highest BCUT2D eigenvalue weighted by Gasteiger charge is 2.46. The third-order valence-corrected chi connectivity index (χ3v) is 6.65. The number of hydrogen-bond donors (Lipinski definition) is 3. The molecule has 196 valence electrons. The van der Waals surface area contributed by atoms with Crippen molar-refractivity contribution in [3.05, 3.63) is 114 Å². The molecule has 0 spiro atoms. The molecule has 0 bridgehead atoms. The molecule has 2 heterocycles. The number of aliphatic hydroxyl groups is 2. The van der Waals surface area contributed by atoms with Gasteiger partial charge in [-0.3, -0.25) is 4.79 Å². The summed E-state index contributed by atoms with van der Waals surface area (Å²) in [5.74, 6) is -0.333. The van der Waals surface area contributed by atoms with Crippen molar-refractivity contribution < 1.29 is 29.2 Å². The molecule has 1 aliphatic rings. The Morgan fingerprint density at radius 1 is 0.947 bits per heavy atom. The van der Waals surface area contributed by atoms with Crippen LogP contribution in [0.3, 0.4) is 0 Å². The van der Waals surface area contributed by atoms with E-state index < -0.39 is 36.0 Å². The lowest BCUT2D eigenvalue weighted by atomic mass is 9.80. The Labute approximate surface area is 219 Å². The van der Waals surface area contributed by atoms with Crippen LogP contribution in [0.25, 0.3) is 0 Å². The predicted molar refractivity (Wildman–Crippen MR) is 136 cm³/mol. The summed E-state index contributed by atoms with van der Waals surface area (Å²) in [6.07, 6.45) is -3.40. The van der Waals surface area contributed by atoms with Crippen LogP contribution in [0.15, 0.2) is 91.3 Å². The minimum absolute atomic E-state index is 0.0814. The van der Waals surface area contributed by atoms with E-state index in [2.05, 4.69) is 10.1 Å². The van der Waals surface area contributed by atoms with Crippen molar-refractivity contribution in [1.82, 2.24) is 14.8 Å². The minimum Gasteiger partial charge on any atom is -0.497 e. The van der Waals surface area contributed by atoms with Gasteiger partial charge in [-0.25, -0.2) is 9.67 Å². The molecule has 4 aromatic rings. The summed E-state index contributed by atoms with van der Waals surface area (Å²) in [7, 11) is 1.61. The zero-order valence-corrected chi connectivity index (χ0v) is 20.6. The van der Waals surface area contributed by atoms with Crippen molar-refractivity contribution in [2.75, 3.05) is 13.7 Å². The summed E-state index contributed by atoms with van der Waals surface area (Å²) >= 11 is 0. The summed E-state index contributed by atoms with van der Waals surface area (Å²) in [6, 6.07) is 27.1. The zero-order valence-electron chi connectivity index (χ0n) is 20.6. The standard InChI is InChI=1S/C28H28N4O6/c1-36-21-14-12-20(13-15-21)28(18-8-4-2-5-9-18,19-10-6-3-7-11-19)37-16-22-23(33)24(34)27(38-22)32-17-30-26(31-32)25(29)35/h2-15,17,22-24,27,33-34H,16H2,1H3,(H2,29,35)/t22-,23?,24+,27-/m1/s1. The highest BCUT2D eigenvalue weighted by Crippen LogP contribution is 2.42. The Morgan fingerprint density at radius 3 is 2.05 bits per heavy atom. The van der Waals surface area contributed by atoms with Crippen LogP contribution in [0.4, 0.5) is 0 Å². The summed E-state index contributed by atoms with van der Waals surface area (Å²) in [4.78, 5) is 15.2. The second-order valence-electron chi connectivity index (χ2n) is 8.91. The highest BCUT2D eigenvalue weighted by molar-refractivity contribution is 5.88. The minimum atomic E-state index is -1.34. The first-order valence-electron chi connectivity index (χ1n) is 12.1. The van der Waals surface area contributed by atoms with Gasteiger partial charge >= 0.3 is 0 Å². The number of rotatable bonds is 9. The summed E-state index contributed by atoms with van der Waals surface area (Å²) in [5.41, 5.74) is 6.72. The van der Waals surface area contributed by atoms with Crippen molar-refractivity contribution in [3.63, 3.8) is 0 Å². The average molecular weight is 517 g/mol. The number of primary amides is 1. The fraction of sp³-hybridized carbons (Fsp3) is 0.250. The maximum atomic E-state index is 11.4. The molecule has 5 rings (SSSR count). The van der Waals surface area contributed by atoms with E-state index in [1.54, 1.807) is 7.11 Å². The van der Waals surface area contributed by atoms with Crippen LogP contribution in [0.5, 0.6) is 5.75 Å². The molecule has 1 fully saturated rings. The van der Waals surface area contributed by atoms with Crippen LogP contribution in [0.1, 0.15) is 33.5 Å². The number of aromatic nitrogens is 3. The number of methoxy groups -OCH3 is 1. The SMILES string of the molecule is COc1ccc(C(OC[C@H]2O[C@@H](n3cnc(C(N)=O)n3)[C@@H](O)C2O)(c2ccccc2)c2ccccc2)cc1. The van der Waals surface area contributed by atoms with Crippen LogP contribution in [0.2, 0.25) is 0 Å². The van der Waals surface area contributed by atoms with E-state index in [0.29, 0.717) is 5.75 Å². The topological polar surface area (TPSA) is 142 Å². The largest absolute Gasteiger partial charge is 0.497 e. The molecule has 0 aliphatic carbocycles. The van der Waals surface area contributed by atoms with Crippen molar-refractivity contribution in [1.29, 1.82) is 0 Å². The molecule has 1 aliphatic heterocycles. The summed E-state index contributed by atoms with van der Waals surface area (Å²) in [6.45, 7) is -0.0814. The van der Waals surface area contributed by atoms with Gasteiger partial charge in [-0.05, 0) is 28.8 Å². The van der Waals surface area contributed by atoms with E-state index in [1.165, 1.54) is 11.0 Å². The number of aliphatic hydroxyl groups excluding tert-OH is 2. The van der Waals surface area contributed by atoms with Crippen LogP contribution >= 0.6 is 0 Å². The molecule has 10 heteroatoms. The lowest BCUT2D eigenvalue weighted by Gasteiger charge is -2.37. The van der Waals surface area contributed by atoms with Gasteiger partial charge in [0.2, 0.25) is 5.82 Å². The highest BCUT2D eigenvalue weighted by atomic mass is 16.6. The Bertz CT molecular complexity index is 1320. The molecule has 10 nitrogen and oxygen atoms in total. The van der Waals surface area contributed by atoms with E-state index >= 15 is 0 Å². The normalized spacial score (nSPS) is 21.3. The summed E-state index contributed by atoms with van der Waals surface area (Å²) in [5, 5.41) is 25.5. The third-order valence-electron chi connectivity index (χ3n) is 6.65. The van der Waals surface area contributed by atoms with Crippen molar-refractivity contribution in [2.24, 2.45) is 5.73 Å². The van der Waals surface area contributed by atoms with Gasteiger partial charge in [-0.2, -0.15) is 0 Å². The number of nitrogens with two attached hydrogens (primary N) is 1. The number of carbonyl (C=O) groups is 1. The number of hydrogen-bond acceptors (Lipinski definition) is 8. The van der Waals surface area contributed by atoms with Crippen molar-refractivity contribution in [2.45, 2.75) is 30.1 Å². The molecule has 0 saturated carbocycles. The molecular weight excluding hydrogens is 488 g/mol. The van der Waals surface area contributed by atoms with E-state index in [1.807, 2.05) is 84.9 Å². The molecule has 0 radical (unpaired) electrons. The predicted octanol–water partition coefficient (Wildman–Crippen LogP) is 2.01. The smallest absolute Gasteiger partial charge is 0.288 e. The molecule has 4 atom stereocenters. The van der Waals surface area contributed by atoms with E-state index in [0.717, 1.165) is 16.7 Å². The molecule has 38 heavy (non-hydrogen) atoms. The lowest BCUT2D eigenvalue weighted by Crippen LogP contribution is -2.39. The Morgan fingerprint density at radius 2 is 1.53 bits per heavy atom. The number of amides is 1. The maximum Gasteiger partial charge on any atom is 0.288 e. The Balaban J connectivity index is 1.51. The van der Waals surface area contributed by atoms with Gasteiger partial charge in [0.25, 0.3) is 5.91 Å². The second kappa shape index (κ2) is 10.7. The lowest BCUT2D eigenvalue weighted by molar-refractivity contribution is -0.0975. The van der Waals surface area contributed by atoms with Crippen LogP contribution in [-0.4, -0.2) is 62.9 Å². The van der Waals surface area contributed by atoms with E-state index in [9.17, 15) is 15.0 Å². The van der Waals surface area contributed by atoms with Gasteiger partial charge in [0.1, 0.15) is 36.0 Å². The van der Waals surface area contributed by atoms with Crippen LogP contribution < -0.4 is 10.5 Å². The molecule has 4 N–H and O–H groups in total. The van der Waals surface area contributed by atoms with Crippen LogP contribution in [-0.2, 0) is 15.1 Å². The zero-order chi connectivity index (χ0) is 26.7. The van der Waals surface area contributed by atoms with Gasteiger partial charge < -0.3 is 30.2 Å². The van der Waals surface area contributed by atoms with Crippen molar-refractivity contribution >= 4 is 5.91 Å². The fourth-order valence-corrected chi connectivity index (χ4v) is 4.72. The van der Waals surface area contributed by atoms with E-state index in [4.69, 9.17) is 19.9 Å². The number of benzene rings is 3. The van der Waals surface area contributed by atoms with Gasteiger partial charge in [0.15, 0.2) is 6.23 Å². The molecular formula is C28H28N4O6. The van der Waals surface area contributed by atoms with Gasteiger partial charge in [0, 0.05) is 0 Å². The first-order valence-corrected chi connectivity index (χ1v) is 12.1. The van der Waals surface area contributed by atoms with Crippen LogP contribution in [0, 0.1) is 0 Å². The molecule has 1 unspecified atom stereocenters. The Kier molecular flexibility index (Phi) is 7.21. The first kappa shape index (κ1) is 25.6.